The number of benzene rings is 2. The van der Waals surface area contributed by atoms with Gasteiger partial charge in [-0.1, -0.05) is 53.5 Å². The van der Waals surface area contributed by atoms with Gasteiger partial charge in [-0.3, -0.25) is 4.79 Å². The Balaban J connectivity index is 1.31. The molecular weight excluding hydrogens is 592 g/mol. The number of nitrogens with zero attached hydrogens (tertiary/aromatic N) is 1. The Hall–Kier alpha value is -2.03. The van der Waals surface area contributed by atoms with E-state index in [0.717, 1.165) is 51.6 Å². The number of carboxylic acids is 1. The molecule has 0 spiro atoms. The number of halogens is 3. The zero-order chi connectivity index (χ0) is 27.4. The molecule has 3 nitrogen and oxygen atoms in total. The summed E-state index contributed by atoms with van der Waals surface area (Å²) in [5.74, 6) is 0.757. The van der Waals surface area contributed by atoms with E-state index in [-0.39, 0.29) is 22.9 Å². The van der Waals surface area contributed by atoms with Crippen molar-refractivity contribution >= 4 is 86.4 Å². The number of carbonyl (C=O) groups is 1. The first-order valence-corrected chi connectivity index (χ1v) is 16.2. The smallest absolute Gasteiger partial charge is 0.303 e. The van der Waals surface area contributed by atoms with Crippen LogP contribution in [-0.4, -0.2) is 27.6 Å². The second kappa shape index (κ2) is 12.6. The number of hydrogen-bond donors (Lipinski definition) is 1. The minimum atomic E-state index is -0.721. The highest BCUT2D eigenvalue weighted by Gasteiger charge is 2.44. The maximum atomic E-state index is 13.3. The predicted molar refractivity (Wildman–Crippen MR) is 166 cm³/mol. The summed E-state index contributed by atoms with van der Waals surface area (Å²) in [4.78, 5) is 17.1. The van der Waals surface area contributed by atoms with Gasteiger partial charge in [0.15, 0.2) is 0 Å². The van der Waals surface area contributed by atoms with Crippen molar-refractivity contribution in [2.45, 2.75) is 35.8 Å². The van der Waals surface area contributed by atoms with Gasteiger partial charge in [-0.2, -0.15) is 11.8 Å². The fourth-order valence-corrected chi connectivity index (χ4v) is 8.43. The maximum Gasteiger partial charge on any atom is 0.303 e. The lowest BCUT2D eigenvalue weighted by atomic mass is 10.1. The standard InChI is InChI=1S/C30H26Cl2FNO2S3/c31-27-28-25(39-29(27)32)11-8-22(34-28)7-4-19-2-1-3-20(16-19)24(38-18-30(13-14-30)17-26(35)36)12-15-37-23-9-5-21(33)6-10-23/h1-11,16,24H,12-15,17-18H2,(H,35,36)/t24-/m1/s1. The second-order valence-corrected chi connectivity index (χ2v) is 14.1. The zero-order valence-electron chi connectivity index (χ0n) is 20.9. The number of thiophene rings is 1. The summed E-state index contributed by atoms with van der Waals surface area (Å²) < 4.78 is 14.8. The lowest BCUT2D eigenvalue weighted by Crippen LogP contribution is -2.12. The van der Waals surface area contributed by atoms with E-state index in [1.54, 1.807) is 11.8 Å². The van der Waals surface area contributed by atoms with Crippen LogP contribution >= 0.6 is 58.1 Å². The van der Waals surface area contributed by atoms with Gasteiger partial charge in [0, 0.05) is 15.9 Å². The molecule has 0 aliphatic heterocycles. The summed E-state index contributed by atoms with van der Waals surface area (Å²) in [6.07, 6.45) is 7.11. The van der Waals surface area contributed by atoms with Crippen LogP contribution in [0.2, 0.25) is 9.36 Å². The van der Waals surface area contributed by atoms with Crippen LogP contribution in [0, 0.1) is 11.2 Å². The van der Waals surface area contributed by atoms with Crippen molar-refractivity contribution in [1.29, 1.82) is 0 Å². The molecule has 1 N–H and O–H groups in total. The van der Waals surface area contributed by atoms with E-state index >= 15 is 0 Å². The number of carboxylic acid groups (broad SMARTS) is 1. The van der Waals surface area contributed by atoms with Crippen molar-refractivity contribution in [1.82, 2.24) is 4.98 Å². The summed E-state index contributed by atoms with van der Waals surface area (Å²) in [6, 6.07) is 19.0. The molecule has 2 aromatic carbocycles. The molecule has 2 aromatic heterocycles. The fourth-order valence-electron chi connectivity index (χ4n) is 4.38. The average molecular weight is 619 g/mol. The fraction of sp³-hybridized carbons (Fsp3) is 0.267. The van der Waals surface area contributed by atoms with Gasteiger partial charge in [0.2, 0.25) is 0 Å². The summed E-state index contributed by atoms with van der Waals surface area (Å²) >= 11 is 17.5. The molecule has 1 saturated carbocycles. The number of aliphatic carboxylic acids is 1. The number of thioether (sulfide) groups is 2. The van der Waals surface area contributed by atoms with Crippen LogP contribution in [0.1, 0.15) is 47.8 Å². The van der Waals surface area contributed by atoms with Crippen molar-refractivity contribution in [3.8, 4) is 0 Å². The summed E-state index contributed by atoms with van der Waals surface area (Å²) in [5, 5.41) is 10.1. The molecule has 1 atom stereocenters. The van der Waals surface area contributed by atoms with Crippen LogP contribution in [0.4, 0.5) is 4.39 Å². The highest BCUT2D eigenvalue weighted by molar-refractivity contribution is 8.00. The Morgan fingerprint density at radius 3 is 2.67 bits per heavy atom. The van der Waals surface area contributed by atoms with Gasteiger partial charge >= 0.3 is 5.97 Å². The highest BCUT2D eigenvalue weighted by Crippen LogP contribution is 2.53. The van der Waals surface area contributed by atoms with E-state index in [0.29, 0.717) is 14.9 Å². The molecule has 1 fully saturated rings. The Labute approximate surface area is 249 Å². The average Bonchev–Trinajstić information content (AvgIpc) is 3.62. The van der Waals surface area contributed by atoms with Crippen LogP contribution in [-0.2, 0) is 4.79 Å². The Kier molecular flexibility index (Phi) is 9.24. The minimum absolute atomic E-state index is 0.0769. The van der Waals surface area contributed by atoms with Crippen LogP contribution < -0.4 is 0 Å². The third-order valence-electron chi connectivity index (χ3n) is 6.73. The van der Waals surface area contributed by atoms with Gasteiger partial charge in [-0.05, 0) is 84.0 Å². The van der Waals surface area contributed by atoms with Gasteiger partial charge in [0.1, 0.15) is 15.7 Å². The number of pyridine rings is 1. The van der Waals surface area contributed by atoms with Crippen LogP contribution in [0.3, 0.4) is 0 Å². The van der Waals surface area contributed by atoms with Crippen molar-refractivity contribution in [3.05, 3.63) is 92.7 Å². The summed E-state index contributed by atoms with van der Waals surface area (Å²) in [5.41, 5.74) is 3.71. The SMILES string of the molecule is O=C(O)CC1(CS[C@H](CCSc2ccc(F)cc2)c2cccc(C=Cc3ccc4sc(Cl)c(Cl)c4n3)c2)CC1. The second-order valence-electron chi connectivity index (χ2n) is 9.74. The number of aromatic nitrogens is 1. The van der Waals surface area contributed by atoms with Crippen LogP contribution in [0.15, 0.2) is 65.6 Å². The Morgan fingerprint density at radius 1 is 1.13 bits per heavy atom. The van der Waals surface area contributed by atoms with Gasteiger partial charge in [0.05, 0.1) is 21.8 Å². The number of rotatable bonds is 12. The molecule has 39 heavy (non-hydrogen) atoms. The molecular formula is C30H26Cl2FNO2S3. The molecule has 0 radical (unpaired) electrons. The minimum Gasteiger partial charge on any atom is -0.481 e. The molecule has 0 unspecified atom stereocenters. The molecule has 1 aliphatic rings. The first kappa shape index (κ1) is 28.5. The van der Waals surface area contributed by atoms with Crippen molar-refractivity contribution in [2.24, 2.45) is 5.41 Å². The van der Waals surface area contributed by atoms with E-state index in [9.17, 15) is 14.3 Å². The normalized spacial score (nSPS) is 15.2. The molecule has 0 saturated heterocycles. The third-order valence-corrected chi connectivity index (χ3v) is 11.4. The lowest BCUT2D eigenvalue weighted by molar-refractivity contribution is -0.138. The maximum absolute atomic E-state index is 13.3. The van der Waals surface area contributed by atoms with Gasteiger partial charge in [-0.25, -0.2) is 9.37 Å². The quantitative estimate of drug-likeness (QED) is 0.160. The van der Waals surface area contributed by atoms with Gasteiger partial charge in [0.25, 0.3) is 0 Å². The predicted octanol–water partition coefficient (Wildman–Crippen LogP) is 10.1. The number of fused-ring (bicyclic) bond motifs is 1. The molecule has 4 aromatic rings. The molecule has 5 rings (SSSR count). The topological polar surface area (TPSA) is 50.2 Å². The zero-order valence-corrected chi connectivity index (χ0v) is 24.9. The van der Waals surface area contributed by atoms with E-state index in [1.165, 1.54) is 29.0 Å². The van der Waals surface area contributed by atoms with Gasteiger partial charge in [-0.15, -0.1) is 23.1 Å². The molecule has 0 bridgehead atoms. The third kappa shape index (κ3) is 7.59. The molecule has 0 amide bonds. The lowest BCUT2D eigenvalue weighted by Gasteiger charge is -2.21. The number of hydrogen-bond acceptors (Lipinski definition) is 5. The van der Waals surface area contributed by atoms with E-state index in [1.807, 2.05) is 48.2 Å². The molecule has 1 aliphatic carbocycles. The first-order valence-electron chi connectivity index (χ1n) is 12.5. The highest BCUT2D eigenvalue weighted by atomic mass is 35.5. The monoisotopic (exact) mass is 617 g/mol. The molecule has 2 heterocycles. The van der Waals surface area contributed by atoms with Gasteiger partial charge < -0.3 is 5.11 Å². The van der Waals surface area contributed by atoms with Crippen molar-refractivity contribution in [2.75, 3.05) is 11.5 Å². The Bertz CT molecular complexity index is 1500. The van der Waals surface area contributed by atoms with Crippen molar-refractivity contribution in [3.63, 3.8) is 0 Å². The Morgan fingerprint density at radius 2 is 1.92 bits per heavy atom. The van der Waals surface area contributed by atoms with E-state index < -0.39 is 5.97 Å². The van der Waals surface area contributed by atoms with Crippen LogP contribution in [0.5, 0.6) is 0 Å². The molecule has 202 valence electrons. The summed E-state index contributed by atoms with van der Waals surface area (Å²) in [6.45, 7) is 0. The first-order chi connectivity index (χ1) is 18.8. The van der Waals surface area contributed by atoms with E-state index in [2.05, 4.69) is 29.2 Å². The van der Waals surface area contributed by atoms with E-state index in [4.69, 9.17) is 23.2 Å². The molecule has 9 heteroatoms. The van der Waals surface area contributed by atoms with Crippen molar-refractivity contribution < 1.29 is 14.3 Å². The largest absolute Gasteiger partial charge is 0.481 e. The summed E-state index contributed by atoms with van der Waals surface area (Å²) in [7, 11) is 0. The van der Waals surface area contributed by atoms with Crippen LogP contribution in [0.25, 0.3) is 22.4 Å².